The third kappa shape index (κ3) is 5.10. The maximum atomic E-state index is 12.5. The molecule has 1 N–H and O–H groups in total. The van der Waals surface area contributed by atoms with Gasteiger partial charge in [0.2, 0.25) is 0 Å². The first-order chi connectivity index (χ1) is 15.0. The minimum atomic E-state index is -0.377. The van der Waals surface area contributed by atoms with Crippen LogP contribution in [0.5, 0.6) is 5.75 Å². The molecule has 0 atom stereocenters. The Labute approximate surface area is 189 Å². The standard InChI is InChI=1S/C23H19Cl2N3O3/c1-15-5-4-8-20(25)22(15)30-14-18-9-10-21(31-18)23(29)27-17-11-26-28(13-17)12-16-6-2-3-7-19(16)24/h2-11,13H,12,14H2,1H3,(H,27,29). The zero-order chi connectivity index (χ0) is 21.8. The van der Waals surface area contributed by atoms with Crippen LogP contribution in [0.15, 0.2) is 71.4 Å². The third-order valence-electron chi connectivity index (χ3n) is 4.59. The Bertz CT molecular complexity index is 1200. The molecule has 0 fully saturated rings. The van der Waals surface area contributed by atoms with E-state index in [1.165, 1.54) is 0 Å². The van der Waals surface area contributed by atoms with Gasteiger partial charge < -0.3 is 14.5 Å². The fourth-order valence-electron chi connectivity index (χ4n) is 3.03. The fraction of sp³-hybridized carbons (Fsp3) is 0.130. The lowest BCUT2D eigenvalue weighted by atomic mass is 10.2. The molecular weight excluding hydrogens is 437 g/mol. The van der Waals surface area contributed by atoms with Crippen LogP contribution in [0.1, 0.15) is 27.4 Å². The molecular formula is C23H19Cl2N3O3. The Morgan fingerprint density at radius 3 is 2.71 bits per heavy atom. The normalized spacial score (nSPS) is 10.8. The van der Waals surface area contributed by atoms with Crippen LogP contribution < -0.4 is 10.1 Å². The lowest BCUT2D eigenvalue weighted by molar-refractivity contribution is 0.0992. The van der Waals surface area contributed by atoms with Gasteiger partial charge in [-0.15, -0.1) is 0 Å². The van der Waals surface area contributed by atoms with Crippen molar-refractivity contribution in [3.8, 4) is 5.75 Å². The van der Waals surface area contributed by atoms with Gasteiger partial charge in [-0.1, -0.05) is 53.5 Å². The van der Waals surface area contributed by atoms with Crippen LogP contribution in [0.4, 0.5) is 5.69 Å². The first-order valence-corrected chi connectivity index (χ1v) is 10.3. The lowest BCUT2D eigenvalue weighted by Gasteiger charge is -2.09. The summed E-state index contributed by atoms with van der Waals surface area (Å²) in [4.78, 5) is 12.5. The highest BCUT2D eigenvalue weighted by Gasteiger charge is 2.14. The van der Waals surface area contributed by atoms with Crippen molar-refractivity contribution in [3.63, 3.8) is 0 Å². The Balaban J connectivity index is 1.36. The summed E-state index contributed by atoms with van der Waals surface area (Å²) in [6.45, 7) is 2.57. The van der Waals surface area contributed by atoms with E-state index in [9.17, 15) is 4.79 Å². The number of rotatable bonds is 7. The van der Waals surface area contributed by atoms with E-state index in [1.807, 2.05) is 43.3 Å². The minimum Gasteiger partial charge on any atom is -0.484 e. The van der Waals surface area contributed by atoms with E-state index in [-0.39, 0.29) is 18.3 Å². The summed E-state index contributed by atoms with van der Waals surface area (Å²) in [5.74, 6) is 0.905. The van der Waals surface area contributed by atoms with E-state index >= 15 is 0 Å². The molecule has 0 radical (unpaired) electrons. The van der Waals surface area contributed by atoms with Crippen LogP contribution in [0.3, 0.4) is 0 Å². The third-order valence-corrected chi connectivity index (χ3v) is 5.26. The number of ether oxygens (including phenoxy) is 1. The topological polar surface area (TPSA) is 69.3 Å². The van der Waals surface area contributed by atoms with Crippen molar-refractivity contribution in [1.82, 2.24) is 9.78 Å². The molecule has 0 bridgehead atoms. The van der Waals surface area contributed by atoms with Gasteiger partial charge in [-0.25, -0.2) is 0 Å². The highest BCUT2D eigenvalue weighted by atomic mass is 35.5. The number of halogens is 2. The van der Waals surface area contributed by atoms with Crippen molar-refractivity contribution in [1.29, 1.82) is 0 Å². The molecule has 0 spiro atoms. The zero-order valence-electron chi connectivity index (χ0n) is 16.6. The van der Waals surface area contributed by atoms with Gasteiger partial charge >= 0.3 is 0 Å². The molecule has 2 heterocycles. The molecule has 0 aliphatic heterocycles. The molecule has 0 saturated carbocycles. The number of furan rings is 1. The zero-order valence-corrected chi connectivity index (χ0v) is 18.2. The van der Waals surface area contributed by atoms with Gasteiger partial charge in [-0.2, -0.15) is 5.10 Å². The Morgan fingerprint density at radius 2 is 1.90 bits per heavy atom. The number of aromatic nitrogens is 2. The van der Waals surface area contributed by atoms with Gasteiger partial charge in [-0.3, -0.25) is 9.48 Å². The Hall–Kier alpha value is -3.22. The number of benzene rings is 2. The molecule has 6 nitrogen and oxygen atoms in total. The maximum absolute atomic E-state index is 12.5. The monoisotopic (exact) mass is 455 g/mol. The van der Waals surface area contributed by atoms with Crippen LogP contribution in [0.2, 0.25) is 10.0 Å². The first-order valence-electron chi connectivity index (χ1n) is 9.53. The molecule has 4 rings (SSSR count). The highest BCUT2D eigenvalue weighted by Crippen LogP contribution is 2.29. The second kappa shape index (κ2) is 9.29. The number of amides is 1. The van der Waals surface area contributed by atoms with Crippen molar-refractivity contribution in [3.05, 3.63) is 99.7 Å². The van der Waals surface area contributed by atoms with Gasteiger partial charge in [0.15, 0.2) is 5.76 Å². The number of hydrogen-bond donors (Lipinski definition) is 1. The smallest absolute Gasteiger partial charge is 0.291 e. The van der Waals surface area contributed by atoms with Gasteiger partial charge in [0.05, 0.1) is 23.5 Å². The van der Waals surface area contributed by atoms with Crippen LogP contribution in [0.25, 0.3) is 0 Å². The van der Waals surface area contributed by atoms with Crippen LogP contribution in [0, 0.1) is 6.92 Å². The summed E-state index contributed by atoms with van der Waals surface area (Å²) >= 11 is 12.4. The van der Waals surface area contributed by atoms with E-state index in [0.717, 1.165) is 11.1 Å². The van der Waals surface area contributed by atoms with Crippen molar-refractivity contribution >= 4 is 34.8 Å². The van der Waals surface area contributed by atoms with Gasteiger partial charge in [0, 0.05) is 11.2 Å². The number of nitrogens with zero attached hydrogens (tertiary/aromatic N) is 2. The average molecular weight is 456 g/mol. The fourth-order valence-corrected chi connectivity index (χ4v) is 3.50. The molecule has 0 unspecified atom stereocenters. The molecule has 0 aliphatic carbocycles. The van der Waals surface area contributed by atoms with Crippen molar-refractivity contribution in [2.75, 3.05) is 5.32 Å². The van der Waals surface area contributed by atoms with Gasteiger partial charge in [0.25, 0.3) is 5.91 Å². The Morgan fingerprint density at radius 1 is 1.10 bits per heavy atom. The molecule has 8 heteroatoms. The number of nitrogens with one attached hydrogen (secondary N) is 1. The summed E-state index contributed by atoms with van der Waals surface area (Å²) in [6.07, 6.45) is 3.30. The number of carbonyl (C=O) groups excluding carboxylic acids is 1. The molecule has 0 aliphatic rings. The lowest BCUT2D eigenvalue weighted by Crippen LogP contribution is -2.10. The molecule has 2 aromatic carbocycles. The minimum absolute atomic E-state index is 0.160. The number of carbonyl (C=O) groups is 1. The number of para-hydroxylation sites is 1. The molecule has 4 aromatic rings. The number of aryl methyl sites for hydroxylation is 1. The second-order valence-corrected chi connectivity index (χ2v) is 7.73. The molecule has 158 valence electrons. The van der Waals surface area contributed by atoms with Crippen LogP contribution in [-0.4, -0.2) is 15.7 Å². The van der Waals surface area contributed by atoms with E-state index in [1.54, 1.807) is 35.3 Å². The Kier molecular flexibility index (Phi) is 6.30. The average Bonchev–Trinajstić information content (AvgIpc) is 3.39. The predicted molar refractivity (Wildman–Crippen MR) is 120 cm³/mol. The molecule has 2 aromatic heterocycles. The summed E-state index contributed by atoms with van der Waals surface area (Å²) < 4.78 is 13.1. The maximum Gasteiger partial charge on any atom is 0.291 e. The molecule has 31 heavy (non-hydrogen) atoms. The number of hydrogen-bond acceptors (Lipinski definition) is 4. The molecule has 1 amide bonds. The van der Waals surface area contributed by atoms with Gasteiger partial charge in [-0.05, 0) is 42.3 Å². The molecule has 0 saturated heterocycles. The van der Waals surface area contributed by atoms with E-state index in [4.69, 9.17) is 32.4 Å². The second-order valence-electron chi connectivity index (χ2n) is 6.91. The first kappa shape index (κ1) is 21.0. The summed E-state index contributed by atoms with van der Waals surface area (Å²) in [6, 6.07) is 16.4. The predicted octanol–water partition coefficient (Wildman–Crippen LogP) is 5.97. The highest BCUT2D eigenvalue weighted by molar-refractivity contribution is 6.32. The number of anilines is 1. The van der Waals surface area contributed by atoms with Crippen molar-refractivity contribution in [2.45, 2.75) is 20.1 Å². The van der Waals surface area contributed by atoms with Crippen LogP contribution in [-0.2, 0) is 13.2 Å². The van der Waals surface area contributed by atoms with E-state index < -0.39 is 0 Å². The van der Waals surface area contributed by atoms with E-state index in [0.29, 0.717) is 33.8 Å². The van der Waals surface area contributed by atoms with Crippen molar-refractivity contribution < 1.29 is 13.9 Å². The quantitative estimate of drug-likeness (QED) is 0.372. The summed E-state index contributed by atoms with van der Waals surface area (Å²) in [5, 5.41) is 8.23. The SMILES string of the molecule is Cc1cccc(Cl)c1OCc1ccc(C(=O)Nc2cnn(Cc3ccccc3Cl)c2)o1. The van der Waals surface area contributed by atoms with E-state index in [2.05, 4.69) is 10.4 Å². The van der Waals surface area contributed by atoms with Crippen molar-refractivity contribution in [2.24, 2.45) is 0 Å². The summed E-state index contributed by atoms with van der Waals surface area (Å²) in [5.41, 5.74) is 2.42. The van der Waals surface area contributed by atoms with Gasteiger partial charge in [0.1, 0.15) is 18.1 Å². The van der Waals surface area contributed by atoms with Crippen LogP contribution >= 0.6 is 23.2 Å². The largest absolute Gasteiger partial charge is 0.484 e. The summed E-state index contributed by atoms with van der Waals surface area (Å²) in [7, 11) is 0.